The number of carbonyl (C=O) groups excluding carboxylic acids is 3. The Hall–Kier alpha value is -2.80. The van der Waals surface area contributed by atoms with Crippen LogP contribution in [0.1, 0.15) is 27.6 Å². The normalized spacial score (nSPS) is 10.2. The summed E-state index contributed by atoms with van der Waals surface area (Å²) >= 11 is 1.54. The van der Waals surface area contributed by atoms with Crippen LogP contribution in [0.25, 0.3) is 0 Å². The van der Waals surface area contributed by atoms with E-state index in [1.807, 2.05) is 19.1 Å². The maximum Gasteiger partial charge on any atom is 0.339 e. The van der Waals surface area contributed by atoms with Gasteiger partial charge in [0.1, 0.15) is 0 Å². The highest BCUT2D eigenvalue weighted by Crippen LogP contribution is 2.22. The lowest BCUT2D eigenvalue weighted by Gasteiger charge is -2.11. The minimum absolute atomic E-state index is 0.120. The van der Waals surface area contributed by atoms with Gasteiger partial charge in [-0.05, 0) is 42.2 Å². The smallest absolute Gasteiger partial charge is 0.339 e. The predicted octanol–water partition coefficient (Wildman–Crippen LogP) is 3.30. The lowest BCUT2D eigenvalue weighted by molar-refractivity contribution is -0.119. The number of thioether (sulfide) groups is 1. The predicted molar refractivity (Wildman–Crippen MR) is 106 cm³/mol. The largest absolute Gasteiger partial charge is 0.452 e. The van der Waals surface area contributed by atoms with Crippen LogP contribution in [0.2, 0.25) is 0 Å². The van der Waals surface area contributed by atoms with Crippen LogP contribution in [-0.2, 0) is 9.53 Å². The maximum atomic E-state index is 12.2. The number of hydrogen-bond acceptors (Lipinski definition) is 5. The van der Waals surface area contributed by atoms with Gasteiger partial charge in [0.2, 0.25) is 0 Å². The van der Waals surface area contributed by atoms with Crippen molar-refractivity contribution in [1.82, 2.24) is 4.90 Å². The maximum absolute atomic E-state index is 12.2. The monoisotopic (exact) mass is 386 g/mol. The van der Waals surface area contributed by atoms with E-state index in [9.17, 15) is 14.4 Å². The van der Waals surface area contributed by atoms with E-state index in [0.717, 1.165) is 10.6 Å². The van der Waals surface area contributed by atoms with Gasteiger partial charge >= 0.3 is 5.97 Å². The second-order valence-corrected chi connectivity index (χ2v) is 7.14. The van der Waals surface area contributed by atoms with Gasteiger partial charge in [-0.3, -0.25) is 9.59 Å². The number of nitrogens with one attached hydrogen (secondary N) is 1. The summed E-state index contributed by atoms with van der Waals surface area (Å²) in [5.41, 5.74) is 1.49. The lowest BCUT2D eigenvalue weighted by atomic mass is 10.2. The number of anilines is 1. The van der Waals surface area contributed by atoms with Crippen molar-refractivity contribution in [3.05, 3.63) is 59.7 Å². The molecule has 1 N–H and O–H groups in total. The quantitative estimate of drug-likeness (QED) is 0.584. The van der Waals surface area contributed by atoms with Crippen molar-refractivity contribution >= 4 is 35.2 Å². The number of esters is 1. The molecule has 0 aromatic heterocycles. The average Bonchev–Trinajstić information content (AvgIpc) is 2.67. The van der Waals surface area contributed by atoms with Gasteiger partial charge in [-0.1, -0.05) is 19.1 Å². The Morgan fingerprint density at radius 3 is 2.33 bits per heavy atom. The molecule has 0 fully saturated rings. The van der Waals surface area contributed by atoms with Gasteiger partial charge in [0.15, 0.2) is 6.61 Å². The van der Waals surface area contributed by atoms with E-state index < -0.39 is 11.9 Å². The number of carbonyl (C=O) groups is 3. The molecular weight excluding hydrogens is 364 g/mol. The van der Waals surface area contributed by atoms with Crippen molar-refractivity contribution in [3.63, 3.8) is 0 Å². The zero-order valence-electron chi connectivity index (χ0n) is 15.5. The molecule has 0 aliphatic carbocycles. The molecule has 2 aromatic carbocycles. The highest BCUT2D eigenvalue weighted by atomic mass is 32.2. The minimum Gasteiger partial charge on any atom is -0.452 e. The summed E-state index contributed by atoms with van der Waals surface area (Å²) in [4.78, 5) is 38.4. The number of rotatable bonds is 7. The van der Waals surface area contributed by atoms with Gasteiger partial charge in [-0.2, -0.15) is 0 Å². The number of amides is 2. The van der Waals surface area contributed by atoms with Crippen LogP contribution in [0.15, 0.2) is 53.4 Å². The van der Waals surface area contributed by atoms with E-state index in [2.05, 4.69) is 5.32 Å². The van der Waals surface area contributed by atoms with E-state index in [4.69, 9.17) is 4.74 Å². The van der Waals surface area contributed by atoms with Gasteiger partial charge in [0.05, 0.1) is 5.56 Å². The molecular formula is C20H22N2O4S. The van der Waals surface area contributed by atoms with Crippen LogP contribution < -0.4 is 5.32 Å². The molecule has 0 heterocycles. The zero-order valence-corrected chi connectivity index (χ0v) is 16.3. The molecule has 0 aliphatic heterocycles. The van der Waals surface area contributed by atoms with Crippen molar-refractivity contribution in [3.8, 4) is 0 Å². The summed E-state index contributed by atoms with van der Waals surface area (Å²) in [7, 11) is 3.34. The molecule has 27 heavy (non-hydrogen) atoms. The first-order valence-corrected chi connectivity index (χ1v) is 9.41. The van der Waals surface area contributed by atoms with Gasteiger partial charge in [-0.15, -0.1) is 11.8 Å². The highest BCUT2D eigenvalue weighted by Gasteiger charge is 2.14. The van der Waals surface area contributed by atoms with Crippen LogP contribution >= 0.6 is 11.8 Å². The molecule has 0 saturated heterocycles. The van der Waals surface area contributed by atoms with E-state index >= 15 is 0 Å². The second kappa shape index (κ2) is 9.78. The third kappa shape index (κ3) is 5.86. The summed E-state index contributed by atoms with van der Waals surface area (Å²) in [5, 5.41) is 2.64. The molecule has 0 spiro atoms. The van der Waals surface area contributed by atoms with Gasteiger partial charge in [-0.25, -0.2) is 4.79 Å². The number of hydrogen-bond donors (Lipinski definition) is 1. The Bertz CT molecular complexity index is 819. The topological polar surface area (TPSA) is 75.7 Å². The summed E-state index contributed by atoms with van der Waals surface area (Å²) in [6, 6.07) is 13.6. The Kier molecular flexibility index (Phi) is 7.43. The molecule has 142 valence electrons. The molecule has 6 nitrogen and oxygen atoms in total. The fourth-order valence-corrected chi connectivity index (χ4v) is 3.07. The second-order valence-electron chi connectivity index (χ2n) is 5.83. The van der Waals surface area contributed by atoms with Crippen LogP contribution in [0, 0.1) is 0 Å². The van der Waals surface area contributed by atoms with Crippen LogP contribution in [0.3, 0.4) is 0 Å². The molecule has 2 aromatic rings. The van der Waals surface area contributed by atoms with E-state index in [-0.39, 0.29) is 12.5 Å². The molecule has 0 bridgehead atoms. The van der Waals surface area contributed by atoms with Crippen molar-refractivity contribution in [2.24, 2.45) is 0 Å². The fraction of sp³-hybridized carbons (Fsp3) is 0.250. The van der Waals surface area contributed by atoms with E-state index in [1.54, 1.807) is 62.3 Å². The van der Waals surface area contributed by atoms with Crippen molar-refractivity contribution < 1.29 is 19.1 Å². The SMILES string of the molecule is CCSc1ccccc1C(=O)OCC(=O)Nc1ccc(C(=O)N(C)C)cc1. The fourth-order valence-electron chi connectivity index (χ4n) is 2.28. The summed E-state index contributed by atoms with van der Waals surface area (Å²) < 4.78 is 5.12. The van der Waals surface area contributed by atoms with Crippen molar-refractivity contribution in [1.29, 1.82) is 0 Å². The zero-order chi connectivity index (χ0) is 19.8. The average molecular weight is 386 g/mol. The number of nitrogens with zero attached hydrogens (tertiary/aromatic N) is 1. The molecule has 0 atom stereocenters. The first-order valence-electron chi connectivity index (χ1n) is 8.43. The molecule has 2 amide bonds. The summed E-state index contributed by atoms with van der Waals surface area (Å²) in [6.45, 7) is 1.61. The third-order valence-electron chi connectivity index (χ3n) is 3.56. The lowest BCUT2D eigenvalue weighted by Crippen LogP contribution is -2.22. The van der Waals surface area contributed by atoms with Crippen molar-refractivity contribution in [2.45, 2.75) is 11.8 Å². The first-order chi connectivity index (χ1) is 12.9. The van der Waals surface area contributed by atoms with Gasteiger partial charge in [0.25, 0.3) is 11.8 Å². The first kappa shape index (κ1) is 20.5. The van der Waals surface area contributed by atoms with Crippen LogP contribution in [0.5, 0.6) is 0 Å². The molecule has 0 saturated carbocycles. The van der Waals surface area contributed by atoms with Gasteiger partial charge in [0, 0.05) is 30.2 Å². The third-order valence-corrected chi connectivity index (χ3v) is 4.52. The highest BCUT2D eigenvalue weighted by molar-refractivity contribution is 7.99. The van der Waals surface area contributed by atoms with Crippen LogP contribution in [-0.4, -0.2) is 49.1 Å². The number of benzene rings is 2. The molecule has 0 aliphatic rings. The Labute approximate surface area is 162 Å². The summed E-state index contributed by atoms with van der Waals surface area (Å²) in [5.74, 6) is -0.272. The minimum atomic E-state index is -0.534. The Morgan fingerprint density at radius 1 is 1.04 bits per heavy atom. The Morgan fingerprint density at radius 2 is 1.70 bits per heavy atom. The number of ether oxygens (including phenoxy) is 1. The Balaban J connectivity index is 1.91. The molecule has 2 rings (SSSR count). The van der Waals surface area contributed by atoms with Crippen LogP contribution in [0.4, 0.5) is 5.69 Å². The molecule has 0 unspecified atom stereocenters. The summed E-state index contributed by atoms with van der Waals surface area (Å²) in [6.07, 6.45) is 0. The van der Waals surface area contributed by atoms with E-state index in [0.29, 0.717) is 16.8 Å². The molecule has 7 heteroatoms. The van der Waals surface area contributed by atoms with Gasteiger partial charge < -0.3 is 15.0 Å². The van der Waals surface area contributed by atoms with Crippen molar-refractivity contribution in [2.75, 3.05) is 31.8 Å². The standard InChI is InChI=1S/C20H22N2O4S/c1-4-27-17-8-6-5-7-16(17)20(25)26-13-18(23)21-15-11-9-14(10-12-15)19(24)22(2)3/h5-12H,4,13H2,1-3H3,(H,21,23). The van der Waals surface area contributed by atoms with E-state index in [1.165, 1.54) is 4.90 Å². The molecule has 0 radical (unpaired) electrons.